The number of hydrogen-bond acceptors (Lipinski definition) is 4. The summed E-state index contributed by atoms with van der Waals surface area (Å²) in [5.41, 5.74) is 5.32. The average Bonchev–Trinajstić information content (AvgIpc) is 2.88. The van der Waals surface area contributed by atoms with Gasteiger partial charge < -0.3 is 9.47 Å². The van der Waals surface area contributed by atoms with Crippen molar-refractivity contribution in [2.45, 2.75) is 20.8 Å². The second kappa shape index (κ2) is 5.74. The molecule has 0 amide bonds. The van der Waals surface area contributed by atoms with Gasteiger partial charge in [-0.25, -0.2) is 9.50 Å². The highest BCUT2D eigenvalue weighted by Crippen LogP contribution is 2.36. The Balaban J connectivity index is 2.30. The van der Waals surface area contributed by atoms with E-state index in [0.29, 0.717) is 16.7 Å². The molecule has 0 aliphatic heterocycles. The van der Waals surface area contributed by atoms with Crippen LogP contribution < -0.4 is 9.47 Å². The van der Waals surface area contributed by atoms with Crippen molar-refractivity contribution >= 4 is 17.2 Å². The van der Waals surface area contributed by atoms with Crippen LogP contribution in [0, 0.1) is 20.8 Å². The highest BCUT2D eigenvalue weighted by atomic mass is 35.5. The zero-order chi connectivity index (χ0) is 16.7. The molecule has 0 bridgehead atoms. The van der Waals surface area contributed by atoms with Gasteiger partial charge in [-0.3, -0.25) is 0 Å². The summed E-state index contributed by atoms with van der Waals surface area (Å²) in [4.78, 5) is 4.68. The molecule has 0 spiro atoms. The fraction of sp³-hybridized carbons (Fsp3) is 0.294. The van der Waals surface area contributed by atoms with E-state index in [-0.39, 0.29) is 0 Å². The fourth-order valence-corrected chi connectivity index (χ4v) is 2.89. The molecule has 3 aromatic rings. The lowest BCUT2D eigenvalue weighted by atomic mass is 10.1. The van der Waals surface area contributed by atoms with E-state index >= 15 is 0 Å². The maximum Gasteiger partial charge on any atom is 0.165 e. The first-order valence-electron chi connectivity index (χ1n) is 7.22. The molecule has 0 aliphatic rings. The van der Waals surface area contributed by atoms with E-state index in [0.717, 1.165) is 33.7 Å². The van der Waals surface area contributed by atoms with Gasteiger partial charge in [-0.2, -0.15) is 5.10 Å². The molecule has 2 aromatic heterocycles. The van der Waals surface area contributed by atoms with Crippen LogP contribution in [-0.4, -0.2) is 28.8 Å². The number of aromatic nitrogens is 3. The first-order chi connectivity index (χ1) is 11.0. The number of hydrogen-bond donors (Lipinski definition) is 0. The topological polar surface area (TPSA) is 48.7 Å². The van der Waals surface area contributed by atoms with Crippen molar-refractivity contribution in [3.05, 3.63) is 40.3 Å². The van der Waals surface area contributed by atoms with E-state index in [1.165, 1.54) is 0 Å². The van der Waals surface area contributed by atoms with Crippen molar-refractivity contribution in [3.8, 4) is 22.6 Å². The summed E-state index contributed by atoms with van der Waals surface area (Å²) in [5, 5.41) is 5.12. The van der Waals surface area contributed by atoms with E-state index in [2.05, 4.69) is 10.1 Å². The molecule has 120 valence electrons. The SMILES string of the molecule is COc1ccc(-c2c(C)nn3c(Cl)c(C)c(C)nc23)cc1OC. The van der Waals surface area contributed by atoms with Gasteiger partial charge in [-0.05, 0) is 38.5 Å². The molecule has 0 saturated heterocycles. The minimum absolute atomic E-state index is 0.585. The van der Waals surface area contributed by atoms with E-state index in [4.69, 9.17) is 21.1 Å². The van der Waals surface area contributed by atoms with Crippen LogP contribution >= 0.6 is 11.6 Å². The van der Waals surface area contributed by atoms with E-state index in [1.807, 2.05) is 39.0 Å². The van der Waals surface area contributed by atoms with Crippen LogP contribution in [0.15, 0.2) is 18.2 Å². The van der Waals surface area contributed by atoms with Crippen molar-refractivity contribution in [3.63, 3.8) is 0 Å². The molecule has 0 N–H and O–H groups in total. The number of rotatable bonds is 3. The second-order valence-electron chi connectivity index (χ2n) is 5.38. The lowest BCUT2D eigenvalue weighted by molar-refractivity contribution is 0.355. The lowest BCUT2D eigenvalue weighted by Crippen LogP contribution is -1.99. The van der Waals surface area contributed by atoms with Crippen LogP contribution in [0.3, 0.4) is 0 Å². The van der Waals surface area contributed by atoms with Gasteiger partial charge in [0.2, 0.25) is 0 Å². The summed E-state index contributed by atoms with van der Waals surface area (Å²) in [5.74, 6) is 1.35. The Bertz CT molecular complexity index is 903. The van der Waals surface area contributed by atoms with E-state index in [1.54, 1.807) is 18.7 Å². The third-order valence-electron chi connectivity index (χ3n) is 4.02. The lowest BCUT2D eigenvalue weighted by Gasteiger charge is -2.10. The van der Waals surface area contributed by atoms with Gasteiger partial charge in [-0.1, -0.05) is 17.7 Å². The molecular weight excluding hydrogens is 314 g/mol. The van der Waals surface area contributed by atoms with Crippen molar-refractivity contribution in [1.29, 1.82) is 0 Å². The number of benzene rings is 1. The molecular formula is C17H18ClN3O2. The molecule has 2 heterocycles. The molecule has 1 aromatic carbocycles. The van der Waals surface area contributed by atoms with Gasteiger partial charge in [0.1, 0.15) is 5.15 Å². The van der Waals surface area contributed by atoms with E-state index < -0.39 is 0 Å². The van der Waals surface area contributed by atoms with Gasteiger partial charge in [0, 0.05) is 16.8 Å². The first kappa shape index (κ1) is 15.6. The van der Waals surface area contributed by atoms with Crippen LogP contribution in [-0.2, 0) is 0 Å². The number of ether oxygens (including phenoxy) is 2. The van der Waals surface area contributed by atoms with Crippen LogP contribution in [0.25, 0.3) is 16.8 Å². The third-order valence-corrected chi connectivity index (χ3v) is 4.46. The maximum absolute atomic E-state index is 6.43. The number of fused-ring (bicyclic) bond motifs is 1. The van der Waals surface area contributed by atoms with Crippen LogP contribution in [0.5, 0.6) is 11.5 Å². The first-order valence-corrected chi connectivity index (χ1v) is 7.60. The molecule has 0 aliphatic carbocycles. The summed E-state index contributed by atoms with van der Waals surface area (Å²) < 4.78 is 12.4. The highest BCUT2D eigenvalue weighted by Gasteiger charge is 2.18. The molecule has 0 unspecified atom stereocenters. The average molecular weight is 332 g/mol. The quantitative estimate of drug-likeness (QED) is 0.681. The Labute approximate surface area is 139 Å². The maximum atomic E-state index is 6.43. The molecule has 0 saturated carbocycles. The number of aryl methyl sites for hydroxylation is 2. The summed E-state index contributed by atoms with van der Waals surface area (Å²) in [6.45, 7) is 5.83. The number of halogens is 1. The molecule has 5 nitrogen and oxygen atoms in total. The number of nitrogens with zero attached hydrogens (tertiary/aromatic N) is 3. The molecule has 23 heavy (non-hydrogen) atoms. The van der Waals surface area contributed by atoms with Gasteiger partial charge >= 0.3 is 0 Å². The van der Waals surface area contributed by atoms with Crippen molar-refractivity contribution in [1.82, 2.24) is 14.6 Å². The third kappa shape index (κ3) is 2.41. The summed E-state index contributed by atoms with van der Waals surface area (Å²) in [6, 6.07) is 5.77. The molecule has 3 rings (SSSR count). The van der Waals surface area contributed by atoms with Crippen LogP contribution in [0.2, 0.25) is 5.15 Å². The Kier molecular flexibility index (Phi) is 3.90. The minimum Gasteiger partial charge on any atom is -0.493 e. The molecule has 0 radical (unpaired) electrons. The Hall–Kier alpha value is -2.27. The predicted octanol–water partition coefficient (Wildman–Crippen LogP) is 3.99. The van der Waals surface area contributed by atoms with E-state index in [9.17, 15) is 0 Å². The molecule has 0 atom stereocenters. The largest absolute Gasteiger partial charge is 0.493 e. The van der Waals surface area contributed by atoms with Crippen molar-refractivity contribution in [2.24, 2.45) is 0 Å². The van der Waals surface area contributed by atoms with Crippen molar-refractivity contribution in [2.75, 3.05) is 14.2 Å². The van der Waals surface area contributed by atoms with Crippen LogP contribution in [0.4, 0.5) is 0 Å². The monoisotopic (exact) mass is 331 g/mol. The second-order valence-corrected chi connectivity index (χ2v) is 5.74. The molecule has 6 heteroatoms. The number of methoxy groups -OCH3 is 2. The Morgan fingerprint density at radius 3 is 2.35 bits per heavy atom. The van der Waals surface area contributed by atoms with Gasteiger partial charge in [0.15, 0.2) is 17.1 Å². The van der Waals surface area contributed by atoms with Crippen molar-refractivity contribution < 1.29 is 9.47 Å². The predicted molar refractivity (Wildman–Crippen MR) is 90.7 cm³/mol. The summed E-state index contributed by atoms with van der Waals surface area (Å²) >= 11 is 6.43. The minimum atomic E-state index is 0.585. The summed E-state index contributed by atoms with van der Waals surface area (Å²) in [6.07, 6.45) is 0. The summed E-state index contributed by atoms with van der Waals surface area (Å²) in [7, 11) is 3.23. The zero-order valence-electron chi connectivity index (χ0n) is 13.8. The molecule has 0 fully saturated rings. The fourth-order valence-electron chi connectivity index (χ4n) is 2.64. The normalized spacial score (nSPS) is 11.0. The standard InChI is InChI=1S/C17H18ClN3O2/c1-9-10(2)19-17-15(11(3)20-21(17)16(9)18)12-6-7-13(22-4)14(8-12)23-5/h6-8H,1-5H3. The zero-order valence-corrected chi connectivity index (χ0v) is 14.5. The Morgan fingerprint density at radius 1 is 1.00 bits per heavy atom. The van der Waals surface area contributed by atoms with Crippen LogP contribution in [0.1, 0.15) is 17.0 Å². The Morgan fingerprint density at radius 2 is 1.70 bits per heavy atom. The van der Waals surface area contributed by atoms with Gasteiger partial charge in [0.25, 0.3) is 0 Å². The van der Waals surface area contributed by atoms with Gasteiger partial charge in [0.05, 0.1) is 19.9 Å². The highest BCUT2D eigenvalue weighted by molar-refractivity contribution is 6.30. The smallest absolute Gasteiger partial charge is 0.165 e. The van der Waals surface area contributed by atoms with Gasteiger partial charge in [-0.15, -0.1) is 0 Å².